The third kappa shape index (κ3) is 32.1. The van der Waals surface area contributed by atoms with Crippen LogP contribution in [0.15, 0.2) is 164 Å². The minimum absolute atomic E-state index is 0. The van der Waals surface area contributed by atoms with Gasteiger partial charge in [-0.25, -0.2) is 24.2 Å². The molecule has 5 N–H and O–H groups in total. The van der Waals surface area contributed by atoms with Crippen molar-refractivity contribution in [2.24, 2.45) is 5.92 Å². The van der Waals surface area contributed by atoms with Crippen molar-refractivity contribution in [3.63, 3.8) is 0 Å². The summed E-state index contributed by atoms with van der Waals surface area (Å²) in [4.78, 5) is 168. The number of aromatic nitrogens is 7. The van der Waals surface area contributed by atoms with Crippen LogP contribution in [0.4, 0.5) is 22.1 Å². The molecule has 3 fully saturated rings. The predicted molar refractivity (Wildman–Crippen MR) is 523 cm³/mol. The number of nitrogens with zero attached hydrogens (tertiary/aromatic N) is 13. The zero-order chi connectivity index (χ0) is 98.4. The van der Waals surface area contributed by atoms with E-state index in [9.17, 15) is 53.1 Å². The molecule has 3 saturated heterocycles. The number of hydrogen-bond donors (Lipinski definition) is 5. The van der Waals surface area contributed by atoms with Gasteiger partial charge in [0.15, 0.2) is 5.72 Å². The summed E-state index contributed by atoms with van der Waals surface area (Å²) in [5.74, 6) is -2.11. The van der Waals surface area contributed by atoms with Gasteiger partial charge in [-0.15, -0.1) is 16.9 Å². The normalized spacial score (nSPS) is 19.9. The van der Waals surface area contributed by atoms with Crippen LogP contribution in [-0.2, 0) is 153 Å². The number of esters is 1. The molecule has 9 atom stereocenters. The molecule has 9 amide bonds. The van der Waals surface area contributed by atoms with Crippen LogP contribution < -0.4 is 35.6 Å². The fourth-order valence-corrected chi connectivity index (χ4v) is 18.8. The van der Waals surface area contributed by atoms with Gasteiger partial charge in [0, 0.05) is 136 Å². The van der Waals surface area contributed by atoms with Crippen molar-refractivity contribution in [2.45, 2.75) is 257 Å². The van der Waals surface area contributed by atoms with E-state index < -0.39 is 95.1 Å². The Balaban J connectivity index is 0.0000101. The van der Waals surface area contributed by atoms with Gasteiger partial charge in [0.1, 0.15) is 70.3 Å². The van der Waals surface area contributed by atoms with Crippen molar-refractivity contribution in [3.05, 3.63) is 208 Å². The molecular weight excluding hydrogens is 1930 g/mol. The number of pyridine rings is 4. The molecule has 0 aliphatic carbocycles. The number of benzene rings is 3. The number of alkyl carbamates (subject to hydrolysis) is 1. The molecule has 3 aromatic carbocycles. The number of anilines is 3. The average Bonchev–Trinajstić information content (AvgIpc) is 1.57. The van der Waals surface area contributed by atoms with Crippen molar-refractivity contribution in [1.29, 1.82) is 0 Å². The van der Waals surface area contributed by atoms with Crippen LogP contribution in [0.1, 0.15) is 197 Å². The molecule has 8 aromatic rings. The van der Waals surface area contributed by atoms with E-state index in [0.717, 1.165) is 101 Å². The fraction of sp³-hybridized carbons (Fsp3) is 0.490. The number of nitrogens with one attached hydrogen (secondary N) is 4. The largest absolute Gasteiger partial charge is 2.00 e. The number of hydrogen-bond acceptors (Lipinski definition) is 26. The maximum atomic E-state index is 14.6. The standard InChI is InChI=1S/C102H130ClN17O17S.2Zn/c1-11-13-16-41-89(121)109-87-39-29-34-76(107-87)64-116(62-74-32-21-23-45-104-74)60-72-52-73(61-117(63-75-33-22-24-46-105-75)65-77-35-30-40-88(108-77)110-90(122)42-17-14-12-2)54-78(53-72)134-49-27-26-47-118(66-91(123)106-67-120-80-37-20-19-36-79(80)112-113-120)93(125)43-18-15-25-48-119-95(127)57-84(98(119)128)138-50-44-92(124)114(7)70(5)99(129)136-86-58-94(126)115(8)81-55-71(56-82(132-9)96(81)103)51-68(3)31-28-38-85(133-10)102(131)59-83(135-100(130)111-102)69(4)97-101(86,6)137-97;;/h19-24,28-40,45-46,52-56,69-70,83-86,97,131H,11-18,25-27,41-44,47-51,57-67H2,1-10H3,(H,106,123)(H,111,130)(H,107,109,121)(H,108,110,122);;/q;2*+2/b38-28+,68-31+;;/t69-,70+,83+,84?,85-,86+,97+,101+,102+;;/m0../s1. The minimum Gasteiger partial charge on any atom is -0.495 e. The molecule has 38 heteroatoms. The summed E-state index contributed by atoms with van der Waals surface area (Å²) in [5.41, 5.74) is 5.09. The van der Waals surface area contributed by atoms with Crippen molar-refractivity contribution in [1.82, 2.24) is 70.1 Å². The number of carbonyl (C=O) groups excluding carboxylic acids is 10. The maximum Gasteiger partial charge on any atom is 2.00 e. The first-order valence-corrected chi connectivity index (χ1v) is 49.1. The topological polar surface area (TPSA) is 399 Å². The molecule has 34 nitrogen and oxygen atoms in total. The number of allylic oxidation sites excluding steroid dienone is 3. The first-order valence-electron chi connectivity index (χ1n) is 47.6. The van der Waals surface area contributed by atoms with Gasteiger partial charge in [0.05, 0.1) is 72.0 Å². The van der Waals surface area contributed by atoms with E-state index in [0.29, 0.717) is 125 Å². The van der Waals surface area contributed by atoms with Crippen LogP contribution in [0.2, 0.25) is 5.02 Å². The Labute approximate surface area is 853 Å². The van der Waals surface area contributed by atoms with Gasteiger partial charge in [-0.1, -0.05) is 136 Å². The summed E-state index contributed by atoms with van der Waals surface area (Å²) in [7, 11) is 5.85. The van der Waals surface area contributed by atoms with Gasteiger partial charge in [-0.3, -0.25) is 68.3 Å². The van der Waals surface area contributed by atoms with Gasteiger partial charge in [0.25, 0.3) is 0 Å². The third-order valence-electron chi connectivity index (χ3n) is 25.3. The number of thioether (sulfide) groups is 1. The summed E-state index contributed by atoms with van der Waals surface area (Å²) in [6.45, 7) is 13.9. The van der Waals surface area contributed by atoms with Gasteiger partial charge in [-0.2, -0.15) is 0 Å². The van der Waals surface area contributed by atoms with Crippen molar-refractivity contribution in [3.8, 4) is 11.5 Å². The number of unbranched alkanes of at least 4 members (excludes halogenated alkanes) is 7. The fourth-order valence-electron chi connectivity index (χ4n) is 17.4. The number of likely N-dealkylation sites (tertiary alicyclic amines) is 1. The van der Waals surface area contributed by atoms with Gasteiger partial charge >= 0.3 is 51.0 Å². The van der Waals surface area contributed by atoms with Crippen molar-refractivity contribution >= 4 is 111 Å². The second-order valence-corrected chi connectivity index (χ2v) is 37.8. The zero-order valence-corrected chi connectivity index (χ0v) is 89.5. The summed E-state index contributed by atoms with van der Waals surface area (Å²) in [6, 6.07) is 38.8. The molecule has 738 valence electrons. The number of epoxide rings is 1. The number of imide groups is 1. The van der Waals surface area contributed by atoms with E-state index in [2.05, 4.69) is 61.3 Å². The quantitative estimate of drug-likeness (QED) is 0.00777. The van der Waals surface area contributed by atoms with E-state index in [1.54, 1.807) is 79.3 Å². The second-order valence-electron chi connectivity index (χ2n) is 36.1. The average molecular weight is 2060 g/mol. The number of carbonyl (C=O) groups is 10. The number of rotatable bonds is 47. The molecule has 4 aliphatic rings. The van der Waals surface area contributed by atoms with Gasteiger partial charge < -0.3 is 64.2 Å². The summed E-state index contributed by atoms with van der Waals surface area (Å²) < 4.78 is 38.1. The van der Waals surface area contributed by atoms with E-state index >= 15 is 0 Å². The Morgan fingerprint density at radius 1 is 0.707 bits per heavy atom. The third-order valence-corrected chi connectivity index (χ3v) is 26.8. The number of ether oxygens (including phenoxy) is 6. The first-order chi connectivity index (χ1) is 66.5. The first kappa shape index (κ1) is 111. The van der Waals surface area contributed by atoms with Crippen molar-refractivity contribution < 1.29 is 120 Å². The Morgan fingerprint density at radius 2 is 1.33 bits per heavy atom. The Kier molecular flexibility index (Phi) is 43.2. The van der Waals surface area contributed by atoms with E-state index in [-0.39, 0.29) is 132 Å². The molecule has 12 rings (SSSR count). The number of halogens is 1. The SMILES string of the molecule is CCCCCC(=O)Nc1cccc(CN(Cc2cc(CN(Cc3ccccn3)Cc3cccc(NC(=O)CCCCC)n3)cc(OCCCCN(CC(=O)NCn3nnc4ccccc43)C(=O)CCCCCN3C(=O)CC(SCCC(=O)N(C)[C@H](C)C(=O)O[C@@H]4CC(=O)N(C)c5cc(cc(OC)c5Cl)C/C(C)=C/C=C/[C@H](OC)[C@]5(O)C[C@@H](OC(=O)N5)[C@H](C)[C@H]5O[C@@]54C)C3=O)c2)Cc2ccccn2)n1.[Zn+2].[Zn+2]. The monoisotopic (exact) mass is 2060 g/mol. The maximum absolute atomic E-state index is 14.6. The van der Waals surface area contributed by atoms with Crippen LogP contribution in [0, 0.1) is 5.92 Å². The van der Waals surface area contributed by atoms with Gasteiger partial charge in [-0.05, 0) is 167 Å². The Hall–Kier alpha value is -10.9. The molecule has 0 radical (unpaired) electrons. The Bertz CT molecular complexity index is 5460. The van der Waals surface area contributed by atoms with E-state index in [1.165, 1.54) is 42.9 Å². The van der Waals surface area contributed by atoms with Gasteiger partial charge in [0.2, 0.25) is 47.3 Å². The molecule has 0 spiro atoms. The second kappa shape index (κ2) is 54.4. The molecule has 4 bridgehead atoms. The van der Waals surface area contributed by atoms with E-state index in [1.807, 2.05) is 110 Å². The van der Waals surface area contributed by atoms with Crippen LogP contribution in [0.5, 0.6) is 11.5 Å². The summed E-state index contributed by atoms with van der Waals surface area (Å²) >= 11 is 8.07. The summed E-state index contributed by atoms with van der Waals surface area (Å²) in [6.07, 6.45) is 12.0. The minimum atomic E-state index is -1.92. The smallest absolute Gasteiger partial charge is 0.495 e. The number of para-hydroxylation sites is 1. The van der Waals surface area contributed by atoms with Crippen LogP contribution in [0.3, 0.4) is 0 Å². The number of likely N-dealkylation sites (N-methyl/N-ethyl adjacent to an activating group) is 1. The van der Waals surface area contributed by atoms with Crippen LogP contribution in [0.25, 0.3) is 11.0 Å². The molecule has 4 aliphatic heterocycles. The summed E-state index contributed by atoms with van der Waals surface area (Å²) in [5, 5.41) is 31.3. The number of aliphatic hydroxyl groups is 1. The van der Waals surface area contributed by atoms with Crippen LogP contribution in [-0.4, -0.2) is 231 Å². The molecule has 140 heavy (non-hydrogen) atoms. The number of amides is 9. The molecule has 1 unspecified atom stereocenters. The molecule has 9 heterocycles. The van der Waals surface area contributed by atoms with E-state index in [4.69, 9.17) is 60.0 Å². The van der Waals surface area contributed by atoms with Crippen LogP contribution >= 0.6 is 23.4 Å². The number of methoxy groups -OCH3 is 2. The Morgan fingerprint density at radius 3 is 1.95 bits per heavy atom. The predicted octanol–water partition coefficient (Wildman–Crippen LogP) is 13.5. The molecular formula is C102H130ClN17O17SZn2+4. The zero-order valence-electron chi connectivity index (χ0n) is 82.0. The molecule has 5 aromatic heterocycles. The number of fused-ring (bicyclic) bond motifs is 6. The molecule has 0 saturated carbocycles. The van der Waals surface area contributed by atoms with Crippen molar-refractivity contribution in [2.75, 3.05) is 75.8 Å².